The van der Waals surface area contributed by atoms with Gasteiger partial charge in [0.1, 0.15) is 5.82 Å². The van der Waals surface area contributed by atoms with Crippen molar-refractivity contribution in [1.29, 1.82) is 0 Å². The monoisotopic (exact) mass is 240 g/mol. The highest BCUT2D eigenvalue weighted by atomic mass is 35.5. The normalized spacial score (nSPS) is 25.9. The zero-order valence-electron chi connectivity index (χ0n) is 10.0. The van der Waals surface area contributed by atoms with Gasteiger partial charge < -0.3 is 4.98 Å². The summed E-state index contributed by atoms with van der Waals surface area (Å²) in [5.41, 5.74) is 1.05. The molecular weight excluding hydrogens is 220 g/mol. The van der Waals surface area contributed by atoms with Gasteiger partial charge in [-0.25, -0.2) is 4.98 Å². The number of aromatic nitrogens is 2. The van der Waals surface area contributed by atoms with Gasteiger partial charge >= 0.3 is 0 Å². The maximum atomic E-state index is 5.77. The summed E-state index contributed by atoms with van der Waals surface area (Å²) in [6.45, 7) is 2.28. The molecule has 0 amide bonds. The number of alkyl halides is 1. The summed E-state index contributed by atoms with van der Waals surface area (Å²) in [7, 11) is 0. The van der Waals surface area contributed by atoms with E-state index >= 15 is 0 Å². The summed E-state index contributed by atoms with van der Waals surface area (Å²) >= 11 is 5.77. The molecule has 3 heteroatoms. The van der Waals surface area contributed by atoms with E-state index in [0.717, 1.165) is 17.4 Å². The number of hydrogen-bond acceptors (Lipinski definition) is 1. The Balaban J connectivity index is 1.88. The molecule has 90 valence electrons. The molecule has 2 nitrogen and oxygen atoms in total. The number of rotatable bonds is 4. The molecule has 2 rings (SSSR count). The number of imidazole rings is 1. The molecule has 0 saturated heterocycles. The SMILES string of the molecule is CCCC1CCC(c2ncc(CCl)[nH]2)CC1. The van der Waals surface area contributed by atoms with Gasteiger partial charge in [0.2, 0.25) is 0 Å². The molecule has 1 fully saturated rings. The fourth-order valence-corrected chi connectivity index (χ4v) is 2.92. The van der Waals surface area contributed by atoms with Gasteiger partial charge in [-0.1, -0.05) is 19.8 Å². The first kappa shape index (κ1) is 12.0. The van der Waals surface area contributed by atoms with Crippen molar-refractivity contribution in [1.82, 2.24) is 9.97 Å². The van der Waals surface area contributed by atoms with Crippen LogP contribution in [-0.4, -0.2) is 9.97 Å². The summed E-state index contributed by atoms with van der Waals surface area (Å²) in [5, 5.41) is 0. The van der Waals surface area contributed by atoms with Crippen molar-refractivity contribution in [2.24, 2.45) is 5.92 Å². The first-order valence-electron chi connectivity index (χ1n) is 6.43. The lowest BCUT2D eigenvalue weighted by atomic mass is 9.80. The van der Waals surface area contributed by atoms with Gasteiger partial charge in [0.15, 0.2) is 0 Å². The topological polar surface area (TPSA) is 28.7 Å². The van der Waals surface area contributed by atoms with Crippen LogP contribution < -0.4 is 0 Å². The minimum Gasteiger partial charge on any atom is -0.345 e. The highest BCUT2D eigenvalue weighted by Gasteiger charge is 2.23. The number of nitrogens with one attached hydrogen (secondary N) is 1. The molecule has 0 spiro atoms. The van der Waals surface area contributed by atoms with Gasteiger partial charge in [-0.05, 0) is 31.6 Å². The molecule has 0 aliphatic heterocycles. The molecule has 1 saturated carbocycles. The molecule has 1 aromatic rings. The van der Waals surface area contributed by atoms with Crippen molar-refractivity contribution in [2.45, 2.75) is 57.2 Å². The Morgan fingerprint density at radius 1 is 1.38 bits per heavy atom. The molecular formula is C13H21ClN2. The van der Waals surface area contributed by atoms with E-state index in [4.69, 9.17) is 11.6 Å². The molecule has 1 heterocycles. The van der Waals surface area contributed by atoms with Crippen LogP contribution in [0.5, 0.6) is 0 Å². The van der Waals surface area contributed by atoms with Crippen molar-refractivity contribution in [3.8, 4) is 0 Å². The largest absolute Gasteiger partial charge is 0.345 e. The van der Waals surface area contributed by atoms with E-state index in [0.29, 0.717) is 11.8 Å². The lowest BCUT2D eigenvalue weighted by molar-refractivity contribution is 0.303. The van der Waals surface area contributed by atoms with Crippen molar-refractivity contribution >= 4 is 11.6 Å². The van der Waals surface area contributed by atoms with Gasteiger partial charge in [-0.2, -0.15) is 0 Å². The smallest absolute Gasteiger partial charge is 0.109 e. The standard InChI is InChI=1S/C13H21ClN2/c1-2-3-10-4-6-11(7-5-10)13-15-9-12(8-14)16-13/h9-11H,2-8H2,1H3,(H,15,16). The molecule has 0 aromatic carbocycles. The maximum Gasteiger partial charge on any atom is 0.109 e. The van der Waals surface area contributed by atoms with Gasteiger partial charge in [0, 0.05) is 17.8 Å². The molecule has 1 aromatic heterocycles. The lowest BCUT2D eigenvalue weighted by Crippen LogP contribution is -2.14. The molecule has 1 aliphatic carbocycles. The maximum absolute atomic E-state index is 5.77. The van der Waals surface area contributed by atoms with Crippen LogP contribution in [0.3, 0.4) is 0 Å². The van der Waals surface area contributed by atoms with E-state index in [1.54, 1.807) is 0 Å². The van der Waals surface area contributed by atoms with Gasteiger partial charge in [0.05, 0.1) is 5.88 Å². The molecule has 0 bridgehead atoms. The van der Waals surface area contributed by atoms with Crippen molar-refractivity contribution < 1.29 is 0 Å². The van der Waals surface area contributed by atoms with Crippen molar-refractivity contribution in [3.05, 3.63) is 17.7 Å². The number of nitrogens with zero attached hydrogens (tertiary/aromatic N) is 1. The van der Waals surface area contributed by atoms with E-state index in [1.165, 1.54) is 38.5 Å². The quantitative estimate of drug-likeness (QED) is 0.785. The van der Waals surface area contributed by atoms with Gasteiger partial charge in [-0.15, -0.1) is 11.6 Å². The predicted molar refractivity (Wildman–Crippen MR) is 67.8 cm³/mol. The Hall–Kier alpha value is -0.500. The van der Waals surface area contributed by atoms with E-state index in [-0.39, 0.29) is 0 Å². The first-order chi connectivity index (χ1) is 7.83. The minimum atomic E-state index is 0.540. The number of aromatic amines is 1. The fraction of sp³-hybridized carbons (Fsp3) is 0.769. The van der Waals surface area contributed by atoms with E-state index in [1.807, 2.05) is 6.20 Å². The van der Waals surface area contributed by atoms with E-state index in [9.17, 15) is 0 Å². The van der Waals surface area contributed by atoms with Crippen LogP contribution in [0, 0.1) is 5.92 Å². The lowest BCUT2D eigenvalue weighted by Gasteiger charge is -2.27. The third kappa shape index (κ3) is 2.79. The summed E-state index contributed by atoms with van der Waals surface area (Å²) in [5.74, 6) is 3.30. The first-order valence-corrected chi connectivity index (χ1v) is 6.96. The highest BCUT2D eigenvalue weighted by molar-refractivity contribution is 6.16. The predicted octanol–water partition coefficient (Wildman–Crippen LogP) is 4.22. The van der Waals surface area contributed by atoms with Gasteiger partial charge in [-0.3, -0.25) is 0 Å². The third-order valence-electron chi connectivity index (χ3n) is 3.72. The third-order valence-corrected chi connectivity index (χ3v) is 4.01. The van der Waals surface area contributed by atoms with Crippen LogP contribution in [0.4, 0.5) is 0 Å². The molecule has 16 heavy (non-hydrogen) atoms. The fourth-order valence-electron chi connectivity index (χ4n) is 2.78. The minimum absolute atomic E-state index is 0.540. The molecule has 0 atom stereocenters. The highest BCUT2D eigenvalue weighted by Crippen LogP contribution is 2.36. The van der Waals surface area contributed by atoms with Crippen molar-refractivity contribution in [2.75, 3.05) is 0 Å². The number of halogens is 1. The second kappa shape index (κ2) is 5.72. The second-order valence-corrected chi connectivity index (χ2v) is 5.20. The van der Waals surface area contributed by atoms with Crippen molar-refractivity contribution in [3.63, 3.8) is 0 Å². The zero-order chi connectivity index (χ0) is 11.4. The summed E-state index contributed by atoms with van der Waals surface area (Å²) in [6.07, 6.45) is 9.93. The van der Waals surface area contributed by atoms with Crippen LogP contribution in [0.25, 0.3) is 0 Å². The van der Waals surface area contributed by atoms with Gasteiger partial charge in [0.25, 0.3) is 0 Å². The van der Waals surface area contributed by atoms with Crippen LogP contribution in [-0.2, 0) is 5.88 Å². The average molecular weight is 241 g/mol. The van der Waals surface area contributed by atoms with E-state index < -0.39 is 0 Å². The molecule has 0 radical (unpaired) electrons. The Bertz CT molecular complexity index is 313. The molecule has 1 N–H and O–H groups in total. The summed E-state index contributed by atoms with van der Waals surface area (Å²) in [6, 6.07) is 0. The van der Waals surface area contributed by atoms with Crippen LogP contribution >= 0.6 is 11.6 Å². The Kier molecular flexibility index (Phi) is 4.28. The van der Waals surface area contributed by atoms with Crippen LogP contribution in [0.2, 0.25) is 0 Å². The Labute approximate surface area is 103 Å². The Morgan fingerprint density at radius 2 is 2.12 bits per heavy atom. The second-order valence-electron chi connectivity index (χ2n) is 4.93. The zero-order valence-corrected chi connectivity index (χ0v) is 10.8. The molecule has 0 unspecified atom stereocenters. The molecule has 1 aliphatic rings. The van der Waals surface area contributed by atoms with E-state index in [2.05, 4.69) is 16.9 Å². The van der Waals surface area contributed by atoms with Crippen LogP contribution in [0.15, 0.2) is 6.20 Å². The number of hydrogen-bond donors (Lipinski definition) is 1. The summed E-state index contributed by atoms with van der Waals surface area (Å²) < 4.78 is 0. The number of H-pyrrole nitrogens is 1. The Morgan fingerprint density at radius 3 is 2.69 bits per heavy atom. The average Bonchev–Trinajstić information content (AvgIpc) is 2.79. The summed E-state index contributed by atoms with van der Waals surface area (Å²) in [4.78, 5) is 7.78. The van der Waals surface area contributed by atoms with Crippen LogP contribution in [0.1, 0.15) is 62.9 Å².